The average Bonchev–Trinajstić information content (AvgIpc) is 2.79. The second-order valence-corrected chi connectivity index (χ2v) is 7.85. The van der Waals surface area contributed by atoms with Crippen molar-refractivity contribution in [3.8, 4) is 0 Å². The van der Waals surface area contributed by atoms with E-state index in [1.807, 2.05) is 26.2 Å². The van der Waals surface area contributed by atoms with Gasteiger partial charge in [-0.25, -0.2) is 9.38 Å². The zero-order chi connectivity index (χ0) is 22.1. The molecule has 32 heavy (non-hydrogen) atoms. The van der Waals surface area contributed by atoms with Crippen LogP contribution < -0.4 is 15.5 Å². The molecule has 0 bridgehead atoms. The molecule has 1 fully saturated rings. The molecule has 1 atom stereocenters. The lowest BCUT2D eigenvalue weighted by Crippen LogP contribution is -2.46. The number of morpholine rings is 1. The second-order valence-electron chi connectivity index (χ2n) is 7.85. The molecule has 1 unspecified atom stereocenters. The van der Waals surface area contributed by atoms with Gasteiger partial charge < -0.3 is 20.3 Å². The molecule has 0 amide bonds. The summed E-state index contributed by atoms with van der Waals surface area (Å²) >= 11 is 0. The van der Waals surface area contributed by atoms with Crippen LogP contribution in [0.4, 0.5) is 10.1 Å². The highest BCUT2D eigenvalue weighted by Crippen LogP contribution is 2.21. The van der Waals surface area contributed by atoms with Gasteiger partial charge in [-0.1, -0.05) is 24.3 Å². The Bertz CT molecular complexity index is 823. The minimum absolute atomic E-state index is 0. The Hall–Kier alpha value is -1.91. The molecule has 1 aliphatic rings. The molecule has 176 valence electrons. The molecule has 1 aliphatic heterocycles. The number of halogens is 2. The van der Waals surface area contributed by atoms with Gasteiger partial charge in [0.1, 0.15) is 5.82 Å². The van der Waals surface area contributed by atoms with Crippen LogP contribution >= 0.6 is 24.0 Å². The van der Waals surface area contributed by atoms with Crippen molar-refractivity contribution in [2.75, 3.05) is 58.4 Å². The fourth-order valence-corrected chi connectivity index (χ4v) is 3.64. The van der Waals surface area contributed by atoms with Gasteiger partial charge in [0.15, 0.2) is 5.96 Å². The Balaban J connectivity index is 0.00000363. The van der Waals surface area contributed by atoms with Gasteiger partial charge in [-0.2, -0.15) is 0 Å². The summed E-state index contributed by atoms with van der Waals surface area (Å²) in [5, 5.41) is 6.81. The summed E-state index contributed by atoms with van der Waals surface area (Å²) in [5.74, 6) is 0.562. The van der Waals surface area contributed by atoms with Crippen molar-refractivity contribution < 1.29 is 9.13 Å². The summed E-state index contributed by atoms with van der Waals surface area (Å²) < 4.78 is 19.0. The maximum Gasteiger partial charge on any atom is 0.191 e. The zero-order valence-electron chi connectivity index (χ0n) is 19.2. The third-order valence-electron chi connectivity index (χ3n) is 5.42. The molecule has 0 radical (unpaired) electrons. The Morgan fingerprint density at radius 3 is 2.31 bits per heavy atom. The van der Waals surface area contributed by atoms with Crippen LogP contribution in [0.2, 0.25) is 0 Å². The minimum Gasteiger partial charge on any atom is -0.379 e. The molecule has 0 saturated carbocycles. The Morgan fingerprint density at radius 1 is 1.06 bits per heavy atom. The fraction of sp³-hybridized carbons (Fsp3) is 0.458. The predicted molar refractivity (Wildman–Crippen MR) is 141 cm³/mol. The maximum atomic E-state index is 13.5. The molecular weight excluding hydrogens is 520 g/mol. The van der Waals surface area contributed by atoms with E-state index in [-0.39, 0.29) is 35.8 Å². The molecule has 3 rings (SSSR count). The summed E-state index contributed by atoms with van der Waals surface area (Å²) in [7, 11) is 4.07. The van der Waals surface area contributed by atoms with Crippen molar-refractivity contribution in [2.45, 2.75) is 19.5 Å². The standard InChI is InChI=1S/C24H34FN5O.HI/c1-4-26-24(27-17-19-5-11-22(12-6-19)29(2)3)28-18-23(30-13-15-31-16-14-30)20-7-9-21(25)10-8-20;/h5-12,23H,4,13-18H2,1-3H3,(H2,26,27,28);1H. The van der Waals surface area contributed by atoms with Crippen molar-refractivity contribution in [1.29, 1.82) is 0 Å². The summed E-state index contributed by atoms with van der Waals surface area (Å²) in [5.41, 5.74) is 3.42. The number of hydrogen-bond acceptors (Lipinski definition) is 4. The number of anilines is 1. The molecule has 1 saturated heterocycles. The van der Waals surface area contributed by atoms with Crippen molar-refractivity contribution >= 4 is 35.6 Å². The van der Waals surface area contributed by atoms with Gasteiger partial charge >= 0.3 is 0 Å². The van der Waals surface area contributed by atoms with Crippen LogP contribution in [0.15, 0.2) is 53.5 Å². The topological polar surface area (TPSA) is 52.1 Å². The van der Waals surface area contributed by atoms with Gasteiger partial charge in [-0.3, -0.25) is 4.90 Å². The number of benzene rings is 2. The number of guanidine groups is 1. The number of aliphatic imine (C=N–C) groups is 1. The SMILES string of the molecule is CCNC(=NCc1ccc(N(C)C)cc1)NCC(c1ccc(F)cc1)N1CCOCC1.I. The largest absolute Gasteiger partial charge is 0.379 e. The zero-order valence-corrected chi connectivity index (χ0v) is 21.5. The van der Waals surface area contributed by atoms with E-state index in [2.05, 4.69) is 51.6 Å². The van der Waals surface area contributed by atoms with Crippen LogP contribution in [0.25, 0.3) is 0 Å². The first-order chi connectivity index (χ1) is 15.1. The Kier molecular flexibility index (Phi) is 11.2. The van der Waals surface area contributed by atoms with E-state index < -0.39 is 0 Å². The Labute approximate surface area is 208 Å². The number of nitrogens with zero attached hydrogens (tertiary/aromatic N) is 3. The highest BCUT2D eigenvalue weighted by atomic mass is 127. The lowest BCUT2D eigenvalue weighted by atomic mass is 10.0. The van der Waals surface area contributed by atoms with Crippen LogP contribution in [0.5, 0.6) is 0 Å². The molecular formula is C24H35FIN5O. The Morgan fingerprint density at radius 2 is 1.72 bits per heavy atom. The number of hydrogen-bond donors (Lipinski definition) is 2. The summed E-state index contributed by atoms with van der Waals surface area (Å²) in [6.07, 6.45) is 0. The molecule has 0 aliphatic carbocycles. The third-order valence-corrected chi connectivity index (χ3v) is 5.42. The first-order valence-electron chi connectivity index (χ1n) is 10.9. The quantitative estimate of drug-likeness (QED) is 0.296. The highest BCUT2D eigenvalue weighted by Gasteiger charge is 2.23. The fourth-order valence-electron chi connectivity index (χ4n) is 3.64. The normalized spacial score (nSPS) is 15.6. The summed E-state index contributed by atoms with van der Waals surface area (Å²) in [4.78, 5) is 9.23. The lowest BCUT2D eigenvalue weighted by molar-refractivity contribution is 0.0170. The average molecular weight is 555 g/mol. The van der Waals surface area contributed by atoms with Gasteiger partial charge in [0, 0.05) is 46.0 Å². The lowest BCUT2D eigenvalue weighted by Gasteiger charge is -2.35. The van der Waals surface area contributed by atoms with Crippen molar-refractivity contribution in [3.05, 3.63) is 65.5 Å². The minimum atomic E-state index is -0.215. The van der Waals surface area contributed by atoms with Crippen LogP contribution in [-0.4, -0.2) is 64.3 Å². The van der Waals surface area contributed by atoms with Crippen LogP contribution in [0, 0.1) is 5.82 Å². The van der Waals surface area contributed by atoms with Crippen LogP contribution in [0.1, 0.15) is 24.1 Å². The molecule has 2 N–H and O–H groups in total. The van der Waals surface area contributed by atoms with Gasteiger partial charge in [-0.05, 0) is 42.3 Å². The molecule has 6 nitrogen and oxygen atoms in total. The predicted octanol–water partition coefficient (Wildman–Crippen LogP) is 3.64. The molecule has 8 heteroatoms. The van der Waals surface area contributed by atoms with Gasteiger partial charge in [0.05, 0.1) is 25.8 Å². The van der Waals surface area contributed by atoms with Crippen molar-refractivity contribution in [1.82, 2.24) is 15.5 Å². The van der Waals surface area contributed by atoms with Crippen molar-refractivity contribution in [3.63, 3.8) is 0 Å². The monoisotopic (exact) mass is 555 g/mol. The van der Waals surface area contributed by atoms with Gasteiger partial charge in [0.25, 0.3) is 0 Å². The van der Waals surface area contributed by atoms with Gasteiger partial charge in [0.2, 0.25) is 0 Å². The summed E-state index contributed by atoms with van der Waals surface area (Å²) in [6, 6.07) is 15.3. The van der Waals surface area contributed by atoms with E-state index in [1.54, 1.807) is 0 Å². The van der Waals surface area contributed by atoms with E-state index in [0.717, 1.165) is 49.9 Å². The van der Waals surface area contributed by atoms with Crippen molar-refractivity contribution in [2.24, 2.45) is 4.99 Å². The number of nitrogens with one attached hydrogen (secondary N) is 2. The number of rotatable bonds is 8. The van der Waals surface area contributed by atoms with E-state index in [0.29, 0.717) is 13.1 Å². The number of ether oxygens (including phenoxy) is 1. The first-order valence-corrected chi connectivity index (χ1v) is 10.9. The van der Waals surface area contributed by atoms with E-state index in [1.165, 1.54) is 17.8 Å². The molecule has 2 aromatic rings. The van der Waals surface area contributed by atoms with Crippen LogP contribution in [0.3, 0.4) is 0 Å². The molecule has 0 aromatic heterocycles. The third kappa shape index (κ3) is 7.90. The first kappa shape index (κ1) is 26.3. The molecule has 0 spiro atoms. The summed E-state index contributed by atoms with van der Waals surface area (Å²) in [6.45, 7) is 7.26. The molecule has 2 aromatic carbocycles. The second kappa shape index (κ2) is 13.6. The maximum absolute atomic E-state index is 13.5. The van der Waals surface area contributed by atoms with E-state index in [9.17, 15) is 4.39 Å². The smallest absolute Gasteiger partial charge is 0.191 e. The van der Waals surface area contributed by atoms with Crippen LogP contribution in [-0.2, 0) is 11.3 Å². The van der Waals surface area contributed by atoms with Gasteiger partial charge in [-0.15, -0.1) is 24.0 Å². The highest BCUT2D eigenvalue weighted by molar-refractivity contribution is 14.0. The van der Waals surface area contributed by atoms with E-state index in [4.69, 9.17) is 9.73 Å². The molecule has 1 heterocycles. The van der Waals surface area contributed by atoms with E-state index >= 15 is 0 Å².